The second-order valence-electron chi connectivity index (χ2n) is 9.75. The molecule has 0 spiro atoms. The van der Waals surface area contributed by atoms with Crippen molar-refractivity contribution in [2.45, 2.75) is 38.8 Å². The van der Waals surface area contributed by atoms with Crippen molar-refractivity contribution in [1.82, 2.24) is 25.0 Å². The van der Waals surface area contributed by atoms with Crippen molar-refractivity contribution >= 4 is 16.8 Å². The number of benzene rings is 2. The van der Waals surface area contributed by atoms with Gasteiger partial charge in [-0.2, -0.15) is 5.10 Å². The number of likely N-dealkylation sites (tertiary alicyclic amines) is 1. The quantitative estimate of drug-likeness (QED) is 0.405. The number of rotatable bonds is 7. The van der Waals surface area contributed by atoms with Gasteiger partial charge >= 0.3 is 0 Å². The van der Waals surface area contributed by atoms with Crippen LogP contribution in [0.5, 0.6) is 5.75 Å². The summed E-state index contributed by atoms with van der Waals surface area (Å²) >= 11 is 0. The van der Waals surface area contributed by atoms with Gasteiger partial charge in [-0.1, -0.05) is 24.3 Å². The van der Waals surface area contributed by atoms with Gasteiger partial charge in [-0.15, -0.1) is 0 Å². The Kier molecular flexibility index (Phi) is 6.74. The van der Waals surface area contributed by atoms with Crippen molar-refractivity contribution in [3.8, 4) is 17.1 Å². The fourth-order valence-electron chi connectivity index (χ4n) is 4.91. The number of likely N-dealkylation sites (N-methyl/N-ethyl adjacent to an activating group) is 1. The van der Waals surface area contributed by atoms with Gasteiger partial charge in [-0.25, -0.2) is 4.98 Å². The number of amides is 1. The normalized spacial score (nSPS) is 16.8. The number of hydrogen-bond acceptors (Lipinski definition) is 5. The topological polar surface area (TPSA) is 72.3 Å². The van der Waals surface area contributed by atoms with Crippen molar-refractivity contribution in [3.05, 3.63) is 77.5 Å². The van der Waals surface area contributed by atoms with Crippen molar-refractivity contribution in [2.75, 3.05) is 20.2 Å². The minimum atomic E-state index is -0.232. The number of pyridine rings is 1. The SMILES string of the molecule is Cc1ccc(OC[C@@H]2CCCN2C)cc1C(=O)N[C@H](C)c1cc(-c2ccn(C)n2)nc2ccccc12. The van der Waals surface area contributed by atoms with Gasteiger partial charge in [0.05, 0.1) is 17.3 Å². The van der Waals surface area contributed by atoms with E-state index in [1.165, 1.54) is 6.42 Å². The Morgan fingerprint density at radius 2 is 1.97 bits per heavy atom. The van der Waals surface area contributed by atoms with Crippen LogP contribution in [0.1, 0.15) is 47.3 Å². The Morgan fingerprint density at radius 1 is 1.14 bits per heavy atom. The van der Waals surface area contributed by atoms with Crippen LogP contribution < -0.4 is 10.1 Å². The summed E-state index contributed by atoms with van der Waals surface area (Å²) < 4.78 is 7.84. The average Bonchev–Trinajstić information content (AvgIpc) is 3.50. The van der Waals surface area contributed by atoms with Gasteiger partial charge in [0, 0.05) is 30.2 Å². The van der Waals surface area contributed by atoms with Crippen LogP contribution in [0, 0.1) is 6.92 Å². The highest BCUT2D eigenvalue weighted by Crippen LogP contribution is 2.29. The van der Waals surface area contributed by atoms with Crippen LogP contribution in [-0.4, -0.2) is 51.8 Å². The molecule has 2 atom stereocenters. The molecule has 0 bridgehead atoms. The summed E-state index contributed by atoms with van der Waals surface area (Å²) in [7, 11) is 4.03. The zero-order valence-electron chi connectivity index (χ0n) is 21.4. The molecule has 1 fully saturated rings. The van der Waals surface area contributed by atoms with E-state index in [1.54, 1.807) is 4.68 Å². The molecule has 0 radical (unpaired) electrons. The highest BCUT2D eigenvalue weighted by atomic mass is 16.5. The third kappa shape index (κ3) is 4.97. The van der Waals surface area contributed by atoms with E-state index in [-0.39, 0.29) is 11.9 Å². The maximum atomic E-state index is 13.4. The number of carbonyl (C=O) groups excluding carboxylic acids is 1. The average molecular weight is 484 g/mol. The summed E-state index contributed by atoms with van der Waals surface area (Å²) in [6.07, 6.45) is 4.25. The number of hydrogen-bond donors (Lipinski definition) is 1. The van der Waals surface area contributed by atoms with E-state index in [0.29, 0.717) is 18.2 Å². The molecule has 0 aliphatic carbocycles. The van der Waals surface area contributed by atoms with Crippen LogP contribution >= 0.6 is 0 Å². The molecule has 1 amide bonds. The van der Waals surface area contributed by atoms with E-state index in [1.807, 2.05) is 81.7 Å². The molecule has 2 aromatic heterocycles. The van der Waals surface area contributed by atoms with Gasteiger partial charge in [0.15, 0.2) is 0 Å². The maximum Gasteiger partial charge on any atom is 0.252 e. The van der Waals surface area contributed by atoms with Crippen LogP contribution in [0.25, 0.3) is 22.3 Å². The Bertz CT molecular complexity index is 1400. The molecule has 5 rings (SSSR count). The van der Waals surface area contributed by atoms with Gasteiger partial charge in [0.25, 0.3) is 5.91 Å². The van der Waals surface area contributed by atoms with Gasteiger partial charge in [-0.3, -0.25) is 9.48 Å². The lowest BCUT2D eigenvalue weighted by atomic mass is 10.00. The maximum absolute atomic E-state index is 13.4. The fourth-order valence-corrected chi connectivity index (χ4v) is 4.91. The fraction of sp³-hybridized carbons (Fsp3) is 0.345. The van der Waals surface area contributed by atoms with E-state index >= 15 is 0 Å². The molecule has 1 aliphatic rings. The third-order valence-corrected chi connectivity index (χ3v) is 7.11. The minimum absolute atomic E-state index is 0.122. The summed E-state index contributed by atoms with van der Waals surface area (Å²) in [4.78, 5) is 20.6. The molecule has 0 saturated carbocycles. The van der Waals surface area contributed by atoms with E-state index < -0.39 is 0 Å². The molecule has 4 aromatic rings. The number of aromatic nitrogens is 3. The molecule has 1 N–H and O–H groups in total. The standard InChI is InChI=1S/C29H33N5O2/c1-19-11-12-22(36-18-21-8-7-14-33(21)3)16-24(19)29(35)30-20(2)25-17-28(27-13-15-34(4)32-27)31-26-10-6-5-9-23(25)26/h5-6,9-13,15-17,20-21H,7-8,14,18H2,1-4H3,(H,30,35)/t20-,21+/m1/s1. The molecule has 2 aromatic carbocycles. The number of carbonyl (C=O) groups is 1. The first-order valence-electron chi connectivity index (χ1n) is 12.5. The lowest BCUT2D eigenvalue weighted by molar-refractivity contribution is 0.0939. The molecule has 0 unspecified atom stereocenters. The highest BCUT2D eigenvalue weighted by molar-refractivity contribution is 5.96. The molecular formula is C29H33N5O2. The summed E-state index contributed by atoms with van der Waals surface area (Å²) in [5.41, 5.74) is 5.01. The number of ether oxygens (including phenoxy) is 1. The molecule has 36 heavy (non-hydrogen) atoms. The van der Waals surface area contributed by atoms with Gasteiger partial charge in [0.2, 0.25) is 0 Å². The number of nitrogens with zero attached hydrogens (tertiary/aromatic N) is 4. The van der Waals surface area contributed by atoms with Crippen molar-refractivity contribution in [1.29, 1.82) is 0 Å². The summed E-state index contributed by atoms with van der Waals surface area (Å²) in [5.74, 6) is 0.606. The van der Waals surface area contributed by atoms with Crippen LogP contribution in [0.2, 0.25) is 0 Å². The minimum Gasteiger partial charge on any atom is -0.492 e. The van der Waals surface area contributed by atoms with Crippen LogP contribution in [0.4, 0.5) is 0 Å². The van der Waals surface area contributed by atoms with Gasteiger partial charge < -0.3 is 15.0 Å². The lowest BCUT2D eigenvalue weighted by Crippen LogP contribution is -2.30. The molecule has 7 nitrogen and oxygen atoms in total. The van der Waals surface area contributed by atoms with Gasteiger partial charge in [0.1, 0.15) is 18.1 Å². The predicted octanol–water partition coefficient (Wildman–Crippen LogP) is 4.91. The van der Waals surface area contributed by atoms with E-state index in [9.17, 15) is 4.79 Å². The van der Waals surface area contributed by atoms with Crippen LogP contribution in [0.15, 0.2) is 60.8 Å². The Morgan fingerprint density at radius 3 is 2.72 bits per heavy atom. The summed E-state index contributed by atoms with van der Waals surface area (Å²) in [6, 6.07) is 17.9. The molecule has 1 saturated heterocycles. The zero-order chi connectivity index (χ0) is 25.2. The molecular weight excluding hydrogens is 450 g/mol. The largest absolute Gasteiger partial charge is 0.492 e. The Labute approximate surface area is 212 Å². The second kappa shape index (κ2) is 10.1. The van der Waals surface area contributed by atoms with Crippen LogP contribution in [-0.2, 0) is 7.05 Å². The second-order valence-corrected chi connectivity index (χ2v) is 9.75. The van der Waals surface area contributed by atoms with E-state index in [2.05, 4.69) is 22.4 Å². The first kappa shape index (κ1) is 24.0. The first-order chi connectivity index (χ1) is 17.4. The predicted molar refractivity (Wildman–Crippen MR) is 142 cm³/mol. The monoisotopic (exact) mass is 483 g/mol. The molecule has 186 valence electrons. The number of para-hydroxylation sites is 1. The number of nitrogens with one attached hydrogen (secondary N) is 1. The highest BCUT2D eigenvalue weighted by Gasteiger charge is 2.22. The molecule has 1 aliphatic heterocycles. The summed E-state index contributed by atoms with van der Waals surface area (Å²) in [5, 5.41) is 8.74. The van der Waals surface area contributed by atoms with Crippen molar-refractivity contribution in [2.24, 2.45) is 7.05 Å². The molecule has 3 heterocycles. The Hall–Kier alpha value is -3.71. The number of aryl methyl sites for hydroxylation is 2. The third-order valence-electron chi connectivity index (χ3n) is 7.11. The Balaban J connectivity index is 1.38. The first-order valence-corrected chi connectivity index (χ1v) is 12.5. The van der Waals surface area contributed by atoms with E-state index in [0.717, 1.165) is 52.1 Å². The zero-order valence-corrected chi connectivity index (χ0v) is 21.4. The summed E-state index contributed by atoms with van der Waals surface area (Å²) in [6.45, 7) is 5.71. The van der Waals surface area contributed by atoms with Crippen molar-refractivity contribution in [3.63, 3.8) is 0 Å². The van der Waals surface area contributed by atoms with E-state index in [4.69, 9.17) is 9.72 Å². The van der Waals surface area contributed by atoms with Gasteiger partial charge in [-0.05, 0) is 81.7 Å². The number of fused-ring (bicyclic) bond motifs is 1. The lowest BCUT2D eigenvalue weighted by Gasteiger charge is -2.21. The smallest absolute Gasteiger partial charge is 0.252 e. The van der Waals surface area contributed by atoms with Crippen LogP contribution in [0.3, 0.4) is 0 Å². The molecule has 7 heteroatoms. The van der Waals surface area contributed by atoms with Crippen molar-refractivity contribution < 1.29 is 9.53 Å².